The summed E-state index contributed by atoms with van der Waals surface area (Å²) in [6.07, 6.45) is 1.64. The van der Waals surface area contributed by atoms with Gasteiger partial charge in [-0.25, -0.2) is 9.78 Å². The third-order valence-corrected chi connectivity index (χ3v) is 5.10. The van der Waals surface area contributed by atoms with Crippen molar-refractivity contribution in [2.24, 2.45) is 0 Å². The van der Waals surface area contributed by atoms with Crippen LogP contribution in [0.5, 0.6) is 0 Å². The highest BCUT2D eigenvalue weighted by molar-refractivity contribution is 7.99. The molecule has 6 nitrogen and oxygen atoms in total. The van der Waals surface area contributed by atoms with Gasteiger partial charge in [0.1, 0.15) is 5.03 Å². The van der Waals surface area contributed by atoms with Crippen molar-refractivity contribution in [3.63, 3.8) is 0 Å². The Kier molecular flexibility index (Phi) is 4.70. The van der Waals surface area contributed by atoms with Crippen LogP contribution in [0, 0.1) is 0 Å². The zero-order valence-electron chi connectivity index (χ0n) is 13.8. The summed E-state index contributed by atoms with van der Waals surface area (Å²) < 4.78 is 0. The van der Waals surface area contributed by atoms with Crippen LogP contribution in [0.25, 0.3) is 11.0 Å². The Bertz CT molecular complexity index is 1180. The summed E-state index contributed by atoms with van der Waals surface area (Å²) in [5.74, 6) is -0.281. The monoisotopic (exact) mass is 396 g/mol. The maximum absolute atomic E-state index is 12.8. The molecule has 0 aliphatic carbocycles. The van der Waals surface area contributed by atoms with Gasteiger partial charge in [0.2, 0.25) is 0 Å². The van der Waals surface area contributed by atoms with Gasteiger partial charge in [0, 0.05) is 21.8 Å². The Hall–Kier alpha value is -3.03. The first-order chi connectivity index (χ1) is 13.1. The second-order valence-electron chi connectivity index (χ2n) is 5.71. The SMILES string of the molecule is O=C(Nc1ccc2[nH]c(=O)[nH]c2c1)c1cccnc1Sc1ccc(Cl)cc1. The topological polar surface area (TPSA) is 90.6 Å². The molecule has 0 spiro atoms. The quantitative estimate of drug-likeness (QED) is 0.479. The molecule has 3 N–H and O–H groups in total. The molecule has 0 saturated heterocycles. The number of halogens is 1. The van der Waals surface area contributed by atoms with Crippen molar-refractivity contribution in [3.8, 4) is 0 Å². The third kappa shape index (κ3) is 3.89. The van der Waals surface area contributed by atoms with Gasteiger partial charge in [-0.3, -0.25) is 4.79 Å². The summed E-state index contributed by atoms with van der Waals surface area (Å²) in [6, 6.07) is 15.9. The molecule has 4 rings (SSSR count). The van der Waals surface area contributed by atoms with E-state index in [1.54, 1.807) is 48.7 Å². The minimum absolute atomic E-state index is 0.281. The molecule has 8 heteroatoms. The van der Waals surface area contributed by atoms with Crippen molar-refractivity contribution in [2.45, 2.75) is 9.92 Å². The van der Waals surface area contributed by atoms with E-state index < -0.39 is 0 Å². The van der Waals surface area contributed by atoms with Gasteiger partial charge in [-0.2, -0.15) is 0 Å². The molecule has 0 bridgehead atoms. The van der Waals surface area contributed by atoms with E-state index in [4.69, 9.17) is 11.6 Å². The van der Waals surface area contributed by atoms with Crippen LogP contribution in [0.2, 0.25) is 5.02 Å². The number of amides is 1. The minimum atomic E-state index is -0.289. The number of carbonyl (C=O) groups excluding carboxylic acids is 1. The number of carbonyl (C=O) groups is 1. The molecule has 0 radical (unpaired) electrons. The molecule has 2 heterocycles. The van der Waals surface area contributed by atoms with Crippen LogP contribution in [0.4, 0.5) is 5.69 Å². The Balaban J connectivity index is 1.59. The van der Waals surface area contributed by atoms with E-state index in [0.29, 0.717) is 32.3 Å². The van der Waals surface area contributed by atoms with Gasteiger partial charge in [-0.1, -0.05) is 23.4 Å². The fraction of sp³-hybridized carbons (Fsp3) is 0. The molecule has 0 unspecified atom stereocenters. The van der Waals surface area contributed by atoms with Crippen LogP contribution in [-0.2, 0) is 0 Å². The van der Waals surface area contributed by atoms with E-state index in [-0.39, 0.29) is 11.6 Å². The zero-order chi connectivity index (χ0) is 18.8. The maximum atomic E-state index is 12.8. The molecule has 4 aromatic rings. The Morgan fingerprint density at radius 2 is 1.81 bits per heavy atom. The summed E-state index contributed by atoms with van der Waals surface area (Å²) in [4.78, 5) is 34.7. The summed E-state index contributed by atoms with van der Waals surface area (Å²) in [6.45, 7) is 0. The molecule has 134 valence electrons. The van der Waals surface area contributed by atoms with E-state index in [1.165, 1.54) is 11.8 Å². The third-order valence-electron chi connectivity index (χ3n) is 3.82. The van der Waals surface area contributed by atoms with Crippen molar-refractivity contribution >= 4 is 46.0 Å². The zero-order valence-corrected chi connectivity index (χ0v) is 15.4. The smallest absolute Gasteiger partial charge is 0.322 e. The van der Waals surface area contributed by atoms with Crippen LogP contribution in [0.3, 0.4) is 0 Å². The second kappa shape index (κ2) is 7.30. The van der Waals surface area contributed by atoms with Crippen LogP contribution >= 0.6 is 23.4 Å². The van der Waals surface area contributed by atoms with Crippen LogP contribution in [-0.4, -0.2) is 20.9 Å². The second-order valence-corrected chi connectivity index (χ2v) is 7.20. The van der Waals surface area contributed by atoms with Gasteiger partial charge in [0.25, 0.3) is 5.91 Å². The molecular weight excluding hydrogens is 384 g/mol. The van der Waals surface area contributed by atoms with Gasteiger partial charge in [-0.05, 0) is 54.6 Å². The van der Waals surface area contributed by atoms with E-state index in [0.717, 1.165) is 4.90 Å². The highest BCUT2D eigenvalue weighted by Crippen LogP contribution is 2.30. The highest BCUT2D eigenvalue weighted by atomic mass is 35.5. The molecule has 0 fully saturated rings. The fourth-order valence-electron chi connectivity index (χ4n) is 2.57. The number of anilines is 1. The number of benzene rings is 2. The average molecular weight is 397 g/mol. The maximum Gasteiger partial charge on any atom is 0.323 e. The number of pyridine rings is 1. The van der Waals surface area contributed by atoms with Crippen molar-refractivity contribution < 1.29 is 4.79 Å². The van der Waals surface area contributed by atoms with Gasteiger partial charge in [0.05, 0.1) is 16.6 Å². The van der Waals surface area contributed by atoms with Crippen LogP contribution < -0.4 is 11.0 Å². The summed E-state index contributed by atoms with van der Waals surface area (Å²) >= 11 is 7.30. The standard InChI is InChI=1S/C19H13ClN4O2S/c20-11-3-6-13(7-4-11)27-18-14(2-1-9-21-18)17(25)22-12-5-8-15-16(10-12)24-19(26)23-15/h1-10H,(H,22,25)(H2,23,24,26). The normalized spacial score (nSPS) is 10.9. The number of nitrogens with zero attached hydrogens (tertiary/aromatic N) is 1. The Morgan fingerprint density at radius 3 is 2.63 bits per heavy atom. The number of hydrogen-bond donors (Lipinski definition) is 3. The molecule has 2 aromatic heterocycles. The van der Waals surface area contributed by atoms with E-state index >= 15 is 0 Å². The number of fused-ring (bicyclic) bond motifs is 1. The van der Waals surface area contributed by atoms with Gasteiger partial charge in [-0.15, -0.1) is 0 Å². The van der Waals surface area contributed by atoms with Crippen molar-refractivity contribution in [2.75, 3.05) is 5.32 Å². The lowest BCUT2D eigenvalue weighted by molar-refractivity contribution is 0.102. The lowest BCUT2D eigenvalue weighted by Crippen LogP contribution is -2.13. The minimum Gasteiger partial charge on any atom is -0.322 e. The first kappa shape index (κ1) is 17.4. The van der Waals surface area contributed by atoms with Crippen molar-refractivity contribution in [1.29, 1.82) is 0 Å². The van der Waals surface area contributed by atoms with Gasteiger partial charge in [0.15, 0.2) is 0 Å². The van der Waals surface area contributed by atoms with E-state index in [2.05, 4.69) is 20.3 Å². The number of imidazole rings is 1. The van der Waals surface area contributed by atoms with Crippen molar-refractivity contribution in [1.82, 2.24) is 15.0 Å². The molecule has 0 aliphatic rings. The van der Waals surface area contributed by atoms with E-state index in [1.807, 2.05) is 12.1 Å². The number of rotatable bonds is 4. The highest BCUT2D eigenvalue weighted by Gasteiger charge is 2.14. The summed E-state index contributed by atoms with van der Waals surface area (Å²) in [5, 5.41) is 4.09. The number of aromatic amines is 2. The molecule has 0 atom stereocenters. The molecule has 1 amide bonds. The number of H-pyrrole nitrogens is 2. The van der Waals surface area contributed by atoms with Crippen LogP contribution in [0.1, 0.15) is 10.4 Å². The molecule has 0 saturated carbocycles. The first-order valence-corrected chi connectivity index (χ1v) is 9.20. The summed E-state index contributed by atoms with van der Waals surface area (Å²) in [5.41, 5.74) is 2.05. The average Bonchev–Trinajstić information content (AvgIpc) is 3.03. The summed E-state index contributed by atoms with van der Waals surface area (Å²) in [7, 11) is 0. The molecular formula is C19H13ClN4O2S. The molecule has 0 aliphatic heterocycles. The number of aromatic nitrogens is 3. The number of hydrogen-bond acceptors (Lipinski definition) is 4. The fourth-order valence-corrected chi connectivity index (χ4v) is 3.57. The van der Waals surface area contributed by atoms with Gasteiger partial charge >= 0.3 is 5.69 Å². The van der Waals surface area contributed by atoms with E-state index in [9.17, 15) is 9.59 Å². The van der Waals surface area contributed by atoms with Crippen molar-refractivity contribution in [3.05, 3.63) is 81.9 Å². The lowest BCUT2D eigenvalue weighted by Gasteiger charge is -2.09. The van der Waals surface area contributed by atoms with Gasteiger partial charge < -0.3 is 15.3 Å². The predicted molar refractivity (Wildman–Crippen MR) is 107 cm³/mol. The predicted octanol–water partition coefficient (Wildman–Crippen LogP) is 4.31. The largest absolute Gasteiger partial charge is 0.323 e. The lowest BCUT2D eigenvalue weighted by atomic mass is 10.2. The van der Waals surface area contributed by atoms with Crippen LogP contribution in [0.15, 0.2) is 75.5 Å². The molecule has 2 aromatic carbocycles. The Morgan fingerprint density at radius 1 is 1.04 bits per heavy atom. The Labute approximate surface area is 163 Å². The molecule has 27 heavy (non-hydrogen) atoms. The number of nitrogens with one attached hydrogen (secondary N) is 3. The first-order valence-electron chi connectivity index (χ1n) is 8.00.